The van der Waals surface area contributed by atoms with Crippen molar-refractivity contribution in [3.05, 3.63) is 64.1 Å². The summed E-state index contributed by atoms with van der Waals surface area (Å²) in [5.74, 6) is -0.177. The lowest BCUT2D eigenvalue weighted by Crippen LogP contribution is -2.30. The van der Waals surface area contributed by atoms with Crippen molar-refractivity contribution in [2.24, 2.45) is 0 Å². The van der Waals surface area contributed by atoms with Crippen molar-refractivity contribution in [1.82, 2.24) is 10.3 Å². The van der Waals surface area contributed by atoms with Gasteiger partial charge in [0.25, 0.3) is 5.91 Å². The third kappa shape index (κ3) is 3.45. The first kappa shape index (κ1) is 12.9. The molecule has 98 valence electrons. The molecule has 1 aromatic heterocycles. The van der Waals surface area contributed by atoms with Crippen LogP contribution in [0.15, 0.2) is 47.5 Å². The molecule has 0 aliphatic heterocycles. The Kier molecular flexibility index (Phi) is 3.97. The number of hydrogen-bond donors (Lipinski definition) is 3. The average Bonchev–Trinajstić information content (AvgIpc) is 2.41. The number of aromatic hydroxyl groups is 1. The zero-order valence-electron chi connectivity index (χ0n) is 10.2. The Morgan fingerprint density at radius 1 is 1.21 bits per heavy atom. The maximum Gasteiger partial charge on any atom is 0.256 e. The molecule has 0 radical (unpaired) electrons. The van der Waals surface area contributed by atoms with Crippen molar-refractivity contribution >= 4 is 5.91 Å². The molecule has 0 saturated carbocycles. The van der Waals surface area contributed by atoms with Gasteiger partial charge in [-0.05, 0) is 24.1 Å². The highest BCUT2D eigenvalue weighted by atomic mass is 16.3. The van der Waals surface area contributed by atoms with Crippen molar-refractivity contribution < 1.29 is 9.90 Å². The Hall–Kier alpha value is -2.56. The molecule has 1 heterocycles. The first-order chi connectivity index (χ1) is 9.16. The van der Waals surface area contributed by atoms with Gasteiger partial charge in [0.1, 0.15) is 11.3 Å². The molecule has 5 heteroatoms. The third-order valence-corrected chi connectivity index (χ3v) is 2.70. The van der Waals surface area contributed by atoms with E-state index in [4.69, 9.17) is 5.11 Å². The first-order valence-electron chi connectivity index (χ1n) is 5.90. The van der Waals surface area contributed by atoms with E-state index in [1.54, 1.807) is 24.3 Å². The van der Waals surface area contributed by atoms with Crippen LogP contribution in [0.4, 0.5) is 0 Å². The number of amides is 1. The fourth-order valence-electron chi connectivity index (χ4n) is 1.67. The van der Waals surface area contributed by atoms with Crippen molar-refractivity contribution in [2.75, 3.05) is 6.54 Å². The van der Waals surface area contributed by atoms with E-state index >= 15 is 0 Å². The van der Waals surface area contributed by atoms with Gasteiger partial charge in [-0.2, -0.15) is 0 Å². The van der Waals surface area contributed by atoms with Crippen LogP contribution in [0.3, 0.4) is 0 Å². The van der Waals surface area contributed by atoms with Crippen LogP contribution in [0.25, 0.3) is 0 Å². The summed E-state index contributed by atoms with van der Waals surface area (Å²) in [5.41, 5.74) is 0.800. The molecule has 5 nitrogen and oxygen atoms in total. The zero-order valence-corrected chi connectivity index (χ0v) is 10.2. The van der Waals surface area contributed by atoms with Gasteiger partial charge >= 0.3 is 0 Å². The first-order valence-corrected chi connectivity index (χ1v) is 5.90. The van der Waals surface area contributed by atoms with Crippen LogP contribution >= 0.6 is 0 Å². The van der Waals surface area contributed by atoms with E-state index in [1.165, 1.54) is 18.5 Å². The molecule has 1 amide bonds. The molecule has 1 aromatic carbocycles. The number of phenolic OH excluding ortho intramolecular Hbond substituents is 1. The summed E-state index contributed by atoms with van der Waals surface area (Å²) >= 11 is 0. The van der Waals surface area contributed by atoms with Gasteiger partial charge in [0.15, 0.2) is 5.43 Å². The summed E-state index contributed by atoms with van der Waals surface area (Å²) in [6, 6.07) is 8.08. The van der Waals surface area contributed by atoms with E-state index in [0.717, 1.165) is 5.56 Å². The molecule has 0 bridgehead atoms. The number of aromatic nitrogens is 1. The van der Waals surface area contributed by atoms with Gasteiger partial charge in [-0.15, -0.1) is 0 Å². The number of aromatic amines is 1. The van der Waals surface area contributed by atoms with Crippen LogP contribution in [0.2, 0.25) is 0 Å². The van der Waals surface area contributed by atoms with E-state index in [2.05, 4.69) is 10.3 Å². The zero-order chi connectivity index (χ0) is 13.7. The van der Waals surface area contributed by atoms with Gasteiger partial charge in [0, 0.05) is 25.0 Å². The Morgan fingerprint density at radius 3 is 2.63 bits per heavy atom. The second-order valence-corrected chi connectivity index (χ2v) is 4.09. The average molecular weight is 258 g/mol. The lowest BCUT2D eigenvalue weighted by Gasteiger charge is -2.05. The number of carbonyl (C=O) groups is 1. The molecule has 0 aliphatic carbocycles. The molecular formula is C14H14N2O3. The van der Waals surface area contributed by atoms with Crippen molar-refractivity contribution in [2.45, 2.75) is 6.42 Å². The maximum absolute atomic E-state index is 11.7. The van der Waals surface area contributed by atoms with Crippen molar-refractivity contribution in [1.29, 1.82) is 0 Å². The van der Waals surface area contributed by atoms with Crippen LogP contribution in [-0.4, -0.2) is 22.5 Å². The molecule has 19 heavy (non-hydrogen) atoms. The predicted molar refractivity (Wildman–Crippen MR) is 71.2 cm³/mol. The Labute approximate surface area is 109 Å². The van der Waals surface area contributed by atoms with Crippen LogP contribution in [0, 0.1) is 0 Å². The molecule has 2 aromatic rings. The molecule has 0 atom stereocenters. The number of phenols is 1. The minimum atomic E-state index is -0.388. The molecule has 0 spiro atoms. The van der Waals surface area contributed by atoms with Gasteiger partial charge in [0.05, 0.1) is 0 Å². The molecule has 0 fully saturated rings. The highest BCUT2D eigenvalue weighted by Crippen LogP contribution is 2.09. The topological polar surface area (TPSA) is 82.2 Å². The fraction of sp³-hybridized carbons (Fsp3) is 0.143. The number of benzene rings is 1. The smallest absolute Gasteiger partial charge is 0.256 e. The minimum Gasteiger partial charge on any atom is -0.508 e. The van der Waals surface area contributed by atoms with Gasteiger partial charge in [0.2, 0.25) is 0 Å². The van der Waals surface area contributed by atoms with Gasteiger partial charge < -0.3 is 15.4 Å². The maximum atomic E-state index is 11.7. The summed E-state index contributed by atoms with van der Waals surface area (Å²) in [7, 11) is 0. The van der Waals surface area contributed by atoms with Crippen molar-refractivity contribution in [3.63, 3.8) is 0 Å². The predicted octanol–water partition coefficient (Wildman–Crippen LogP) is 1.05. The van der Waals surface area contributed by atoms with Crippen LogP contribution < -0.4 is 10.7 Å². The standard InChI is InChI=1S/C14H14N2O3/c17-11-3-1-10(2-4-11)5-8-16-14(19)12-9-15-7-6-13(12)18/h1-4,6-7,9,17H,5,8H2,(H,15,18)(H,16,19). The van der Waals surface area contributed by atoms with Crippen LogP contribution in [0.1, 0.15) is 15.9 Å². The fourth-order valence-corrected chi connectivity index (χ4v) is 1.67. The van der Waals surface area contributed by atoms with Gasteiger partial charge in [-0.3, -0.25) is 9.59 Å². The number of pyridine rings is 1. The molecule has 0 saturated heterocycles. The number of hydrogen-bond acceptors (Lipinski definition) is 3. The summed E-state index contributed by atoms with van der Waals surface area (Å²) < 4.78 is 0. The number of H-pyrrole nitrogens is 1. The number of rotatable bonds is 4. The van der Waals surface area contributed by atoms with Crippen LogP contribution in [0.5, 0.6) is 5.75 Å². The molecular weight excluding hydrogens is 244 g/mol. The monoisotopic (exact) mass is 258 g/mol. The van der Waals surface area contributed by atoms with E-state index in [1.807, 2.05) is 0 Å². The van der Waals surface area contributed by atoms with E-state index in [9.17, 15) is 9.59 Å². The normalized spacial score (nSPS) is 10.1. The minimum absolute atomic E-state index is 0.105. The van der Waals surface area contributed by atoms with Gasteiger partial charge in [-0.25, -0.2) is 0 Å². The Bertz CT molecular complexity index is 617. The lowest BCUT2D eigenvalue weighted by molar-refractivity contribution is 0.0952. The summed E-state index contributed by atoms with van der Waals surface area (Å²) in [5, 5.41) is 11.8. The van der Waals surface area contributed by atoms with E-state index < -0.39 is 0 Å². The largest absolute Gasteiger partial charge is 0.508 e. The highest BCUT2D eigenvalue weighted by Gasteiger charge is 2.08. The van der Waals surface area contributed by atoms with E-state index in [0.29, 0.717) is 13.0 Å². The van der Waals surface area contributed by atoms with E-state index in [-0.39, 0.29) is 22.6 Å². The quantitative estimate of drug-likeness (QED) is 0.766. The Morgan fingerprint density at radius 2 is 1.95 bits per heavy atom. The second-order valence-electron chi connectivity index (χ2n) is 4.09. The number of nitrogens with one attached hydrogen (secondary N) is 2. The number of carbonyl (C=O) groups excluding carboxylic acids is 1. The molecule has 0 aliphatic rings. The highest BCUT2D eigenvalue weighted by molar-refractivity contribution is 5.93. The molecule has 0 unspecified atom stereocenters. The summed E-state index contributed by atoms with van der Waals surface area (Å²) in [4.78, 5) is 25.9. The third-order valence-electron chi connectivity index (χ3n) is 2.70. The van der Waals surface area contributed by atoms with Crippen LogP contribution in [-0.2, 0) is 6.42 Å². The van der Waals surface area contributed by atoms with Gasteiger partial charge in [-0.1, -0.05) is 12.1 Å². The summed E-state index contributed by atoms with van der Waals surface area (Å²) in [6.07, 6.45) is 3.50. The summed E-state index contributed by atoms with van der Waals surface area (Å²) in [6.45, 7) is 0.429. The second kappa shape index (κ2) is 5.86. The molecule has 2 rings (SSSR count). The Balaban J connectivity index is 1.89. The SMILES string of the molecule is O=C(NCCc1ccc(O)cc1)c1c[nH]ccc1=O. The lowest BCUT2D eigenvalue weighted by atomic mass is 10.1. The van der Waals surface area contributed by atoms with Crippen molar-refractivity contribution in [3.8, 4) is 5.75 Å². The molecule has 3 N–H and O–H groups in total.